The van der Waals surface area contributed by atoms with Crippen LogP contribution < -0.4 is 0 Å². The Hall–Kier alpha value is -2.35. The molecule has 9 unspecified atom stereocenters. The summed E-state index contributed by atoms with van der Waals surface area (Å²) in [6.07, 6.45) is 53.7. The number of hydrogen-bond acceptors (Lipinski definition) is 2. The number of ether oxygens (including phenoxy) is 1. The van der Waals surface area contributed by atoms with Crippen molar-refractivity contribution in [3.63, 3.8) is 0 Å². The van der Waals surface area contributed by atoms with Crippen LogP contribution in [0.3, 0.4) is 0 Å². The molecule has 0 aromatic carbocycles. The first-order valence-corrected chi connectivity index (χ1v) is 23.4. The smallest absolute Gasteiger partial charge is 0.306 e. The Bertz CT molecular complexity index is 1340. The molecule has 0 radical (unpaired) electrons. The Balaban J connectivity index is 1.09. The van der Waals surface area contributed by atoms with Crippen molar-refractivity contribution in [1.29, 1.82) is 0 Å². The molecule has 4 aliphatic rings. The average molecular weight is 753 g/mol. The van der Waals surface area contributed by atoms with Gasteiger partial charge in [-0.3, -0.25) is 4.79 Å². The van der Waals surface area contributed by atoms with Crippen molar-refractivity contribution in [2.24, 2.45) is 52.3 Å². The molecule has 0 heterocycles. The summed E-state index contributed by atoms with van der Waals surface area (Å²) >= 11 is 0. The van der Waals surface area contributed by atoms with E-state index in [2.05, 4.69) is 127 Å². The topological polar surface area (TPSA) is 26.3 Å². The summed E-state index contributed by atoms with van der Waals surface area (Å²) in [4.78, 5) is 12.9. The molecule has 2 nitrogen and oxygen atoms in total. The highest BCUT2D eigenvalue weighted by atomic mass is 16.5. The molecule has 3 saturated carbocycles. The fourth-order valence-electron chi connectivity index (χ4n) is 11.8. The second kappa shape index (κ2) is 23.8. The maximum atomic E-state index is 12.9. The van der Waals surface area contributed by atoms with Gasteiger partial charge < -0.3 is 4.74 Å². The van der Waals surface area contributed by atoms with E-state index in [1.54, 1.807) is 5.57 Å². The Kier molecular flexibility index (Phi) is 19.6. The molecule has 4 rings (SSSR count). The normalized spacial score (nSPS) is 30.9. The number of allylic oxidation sites excluding steroid dienone is 13. The first kappa shape index (κ1) is 45.4. The zero-order valence-electron chi connectivity index (χ0n) is 36.8. The lowest BCUT2D eigenvalue weighted by atomic mass is 9.47. The first-order chi connectivity index (χ1) is 26.6. The second-order valence-electron chi connectivity index (χ2n) is 19.0. The highest BCUT2D eigenvalue weighted by Crippen LogP contribution is 2.67. The van der Waals surface area contributed by atoms with Crippen LogP contribution in [0.1, 0.15) is 183 Å². The van der Waals surface area contributed by atoms with Gasteiger partial charge in [0.15, 0.2) is 0 Å². The van der Waals surface area contributed by atoms with E-state index in [1.165, 1.54) is 57.8 Å². The number of carbonyl (C=O) groups is 1. The Morgan fingerprint density at radius 3 is 1.96 bits per heavy atom. The van der Waals surface area contributed by atoms with Gasteiger partial charge in [0, 0.05) is 12.8 Å². The number of fused-ring (bicyclic) bond motifs is 5. The average Bonchev–Trinajstić information content (AvgIpc) is 3.53. The number of esters is 1. The van der Waals surface area contributed by atoms with E-state index in [9.17, 15) is 4.79 Å². The summed E-state index contributed by atoms with van der Waals surface area (Å²) in [5, 5.41) is 0. The van der Waals surface area contributed by atoms with Crippen LogP contribution in [-0.4, -0.2) is 12.1 Å². The molecule has 4 aliphatic carbocycles. The van der Waals surface area contributed by atoms with Crippen LogP contribution in [0.4, 0.5) is 0 Å². The van der Waals surface area contributed by atoms with E-state index < -0.39 is 0 Å². The molecule has 0 aliphatic heterocycles. The van der Waals surface area contributed by atoms with Crippen molar-refractivity contribution in [3.8, 4) is 0 Å². The lowest BCUT2D eigenvalue weighted by Gasteiger charge is -2.58. The molecule has 3 fully saturated rings. The summed E-state index contributed by atoms with van der Waals surface area (Å²) < 4.78 is 6.13. The molecular formula is C53H84O2. The van der Waals surface area contributed by atoms with Crippen LogP contribution in [0.2, 0.25) is 0 Å². The van der Waals surface area contributed by atoms with Crippen LogP contribution in [-0.2, 0) is 9.53 Å². The molecule has 0 aromatic rings. The van der Waals surface area contributed by atoms with E-state index in [0.29, 0.717) is 17.3 Å². The molecule has 0 spiro atoms. The SMILES string of the molecule is CC/C=C\C/C=C\C/C=C\C/C=C\C/C=C\C/C=C\CCCCC(=O)OC1CCC2(C)C(=CCC3C2CCC2(C)C(C(C)CCC(CC)C(C)C)CCC32)C1. The third kappa shape index (κ3) is 13.4. The minimum absolute atomic E-state index is 0.0175. The van der Waals surface area contributed by atoms with Crippen LogP contribution in [0.25, 0.3) is 0 Å². The van der Waals surface area contributed by atoms with Crippen molar-refractivity contribution < 1.29 is 9.53 Å². The summed E-state index contributed by atoms with van der Waals surface area (Å²) in [5.74, 6) is 6.03. The fraction of sp³-hybridized carbons (Fsp3) is 0.717. The molecule has 0 N–H and O–H groups in total. The number of carbonyl (C=O) groups excluding carboxylic acids is 1. The van der Waals surface area contributed by atoms with Gasteiger partial charge in [-0.1, -0.05) is 146 Å². The van der Waals surface area contributed by atoms with Gasteiger partial charge in [-0.05, 0) is 161 Å². The molecule has 55 heavy (non-hydrogen) atoms. The predicted octanol–water partition coefficient (Wildman–Crippen LogP) is 15.8. The van der Waals surface area contributed by atoms with Gasteiger partial charge in [0.2, 0.25) is 0 Å². The molecule has 308 valence electrons. The zero-order valence-corrected chi connectivity index (χ0v) is 36.8. The third-order valence-corrected chi connectivity index (χ3v) is 15.2. The predicted molar refractivity (Wildman–Crippen MR) is 239 cm³/mol. The van der Waals surface area contributed by atoms with Crippen molar-refractivity contribution in [2.45, 2.75) is 189 Å². The first-order valence-electron chi connectivity index (χ1n) is 23.4. The Morgan fingerprint density at radius 2 is 1.36 bits per heavy atom. The van der Waals surface area contributed by atoms with Crippen LogP contribution in [0, 0.1) is 52.3 Å². The zero-order chi connectivity index (χ0) is 39.5. The van der Waals surface area contributed by atoms with Gasteiger partial charge in [0.05, 0.1) is 0 Å². The Labute approximate surface area is 340 Å². The van der Waals surface area contributed by atoms with Crippen molar-refractivity contribution in [3.05, 3.63) is 84.6 Å². The Morgan fingerprint density at radius 1 is 0.745 bits per heavy atom. The minimum atomic E-state index is 0.0175. The van der Waals surface area contributed by atoms with Gasteiger partial charge in [0.1, 0.15) is 6.10 Å². The highest BCUT2D eigenvalue weighted by Gasteiger charge is 2.59. The van der Waals surface area contributed by atoms with E-state index in [1.807, 2.05) is 0 Å². The molecule has 0 saturated heterocycles. The molecule has 2 heteroatoms. The van der Waals surface area contributed by atoms with Gasteiger partial charge in [-0.25, -0.2) is 0 Å². The highest BCUT2D eigenvalue weighted by molar-refractivity contribution is 5.69. The molecule has 0 bridgehead atoms. The van der Waals surface area contributed by atoms with Crippen LogP contribution >= 0.6 is 0 Å². The summed E-state index contributed by atoms with van der Waals surface area (Å²) in [5.41, 5.74) is 2.46. The molecule has 9 atom stereocenters. The maximum Gasteiger partial charge on any atom is 0.306 e. The van der Waals surface area contributed by atoms with Gasteiger partial charge in [-0.15, -0.1) is 0 Å². The van der Waals surface area contributed by atoms with E-state index in [-0.39, 0.29) is 12.1 Å². The monoisotopic (exact) mass is 753 g/mol. The van der Waals surface area contributed by atoms with Crippen molar-refractivity contribution in [1.82, 2.24) is 0 Å². The van der Waals surface area contributed by atoms with Crippen molar-refractivity contribution >= 4 is 5.97 Å². The van der Waals surface area contributed by atoms with Crippen LogP contribution in [0.5, 0.6) is 0 Å². The van der Waals surface area contributed by atoms with Crippen molar-refractivity contribution in [2.75, 3.05) is 0 Å². The van der Waals surface area contributed by atoms with E-state index in [4.69, 9.17) is 4.74 Å². The summed E-state index contributed by atoms with van der Waals surface area (Å²) in [6.45, 7) is 17.3. The lowest BCUT2D eigenvalue weighted by molar-refractivity contribution is -0.151. The standard InChI is InChI=1S/C53H84O2/c1-8-10-11-12-13-14-15-16-17-18-19-20-21-22-23-24-25-26-27-28-29-30-51(54)55-46-37-39-52(6)45(41-46)33-34-47-49-36-35-48(53(49,7)40-38-50(47)52)43(5)31-32-44(9-2)42(3)4/h10-11,13-14,16-17,19-20,22-23,25-26,33,42-44,46-50H,8-9,12,15,18,21,24,27-32,34-41H2,1-7H3/b11-10-,14-13-,17-16-,20-19-,23-22-,26-25-. The lowest BCUT2D eigenvalue weighted by Crippen LogP contribution is -2.51. The quantitative estimate of drug-likeness (QED) is 0.0590. The molecule has 0 aromatic heterocycles. The fourth-order valence-corrected chi connectivity index (χ4v) is 11.8. The number of hydrogen-bond donors (Lipinski definition) is 0. The summed E-state index contributed by atoms with van der Waals surface area (Å²) in [6, 6.07) is 0. The van der Waals surface area contributed by atoms with Crippen LogP contribution in [0.15, 0.2) is 84.6 Å². The number of unbranched alkanes of at least 4 members (excludes halogenated alkanes) is 2. The number of rotatable bonds is 23. The third-order valence-electron chi connectivity index (χ3n) is 15.2. The minimum Gasteiger partial charge on any atom is -0.462 e. The van der Waals surface area contributed by atoms with Gasteiger partial charge >= 0.3 is 5.97 Å². The largest absolute Gasteiger partial charge is 0.462 e. The summed E-state index contributed by atoms with van der Waals surface area (Å²) in [7, 11) is 0. The van der Waals surface area contributed by atoms with E-state index >= 15 is 0 Å². The second-order valence-corrected chi connectivity index (χ2v) is 19.0. The van der Waals surface area contributed by atoms with Gasteiger partial charge in [0.25, 0.3) is 0 Å². The van der Waals surface area contributed by atoms with Gasteiger partial charge in [-0.2, -0.15) is 0 Å². The molecule has 0 amide bonds. The molecular weight excluding hydrogens is 669 g/mol. The maximum absolute atomic E-state index is 12.9. The van der Waals surface area contributed by atoms with E-state index in [0.717, 1.165) is 112 Å².